The molecule has 21 nitrogen and oxygen atoms in total. The monoisotopic (exact) mass is 1060 g/mol. The molecule has 1 unspecified atom stereocenters. The summed E-state index contributed by atoms with van der Waals surface area (Å²) >= 11 is 0. The van der Waals surface area contributed by atoms with Crippen molar-refractivity contribution >= 4 is 19.9 Å². The van der Waals surface area contributed by atoms with Gasteiger partial charge in [-0.25, -0.2) is 14.3 Å². The van der Waals surface area contributed by atoms with Crippen LogP contribution in [0.1, 0.15) is 87.2 Å². The van der Waals surface area contributed by atoms with Gasteiger partial charge in [-0.2, -0.15) is 5.26 Å². The lowest BCUT2D eigenvalue weighted by Gasteiger charge is -2.37. The average molecular weight is 1060 g/mol. The number of aryl methyl sites for hydroxylation is 2. The molecule has 7 atom stereocenters. The molecule has 22 heteroatoms. The Labute approximate surface area is 438 Å². The van der Waals surface area contributed by atoms with Crippen LogP contribution in [0.3, 0.4) is 0 Å². The Morgan fingerprint density at radius 2 is 1.25 bits per heavy atom. The molecule has 0 aliphatic carbocycles. The zero-order chi connectivity index (χ0) is 54.4. The van der Waals surface area contributed by atoms with E-state index in [2.05, 4.69) is 31.3 Å². The predicted octanol–water partition coefficient (Wildman–Crippen LogP) is 5.45. The van der Waals surface area contributed by atoms with Crippen LogP contribution >= 0.6 is 8.53 Å². The van der Waals surface area contributed by atoms with Crippen molar-refractivity contribution in [1.29, 1.82) is 5.26 Å². The maximum absolute atomic E-state index is 13.7. The van der Waals surface area contributed by atoms with E-state index in [0.29, 0.717) is 11.5 Å². The van der Waals surface area contributed by atoms with Crippen molar-refractivity contribution in [2.75, 3.05) is 44.6 Å². The molecule has 2 fully saturated rings. The molecule has 8 rings (SSSR count). The van der Waals surface area contributed by atoms with Gasteiger partial charge in [-0.1, -0.05) is 54.6 Å². The number of hydrogen-bond donors (Lipinski definition) is 4. The maximum Gasteiger partial charge on any atom is 0.330 e. The van der Waals surface area contributed by atoms with Gasteiger partial charge in [0.25, 0.3) is 30.5 Å². The molecule has 4 heterocycles. The highest BCUT2D eigenvalue weighted by molar-refractivity contribution is 7.44. The van der Waals surface area contributed by atoms with Crippen LogP contribution in [0, 0.1) is 25.2 Å². The highest BCUT2D eigenvalue weighted by Crippen LogP contribution is 2.50. The third-order valence-corrected chi connectivity index (χ3v) is 15.7. The minimum Gasteiger partial charge on any atom is -0.497 e. The number of nitrogens with one attached hydrogen (secondary N) is 4. The van der Waals surface area contributed by atoms with Crippen LogP contribution in [0.4, 0.5) is 11.4 Å². The molecule has 4 N–H and O–H groups in total. The van der Waals surface area contributed by atoms with E-state index < -0.39 is 84.3 Å². The molecule has 0 amide bonds. The Hall–Kier alpha value is -7.02. The number of anilines is 2. The fourth-order valence-electron chi connectivity index (χ4n) is 9.75. The molecule has 76 heavy (non-hydrogen) atoms. The van der Waals surface area contributed by atoms with Crippen molar-refractivity contribution in [2.45, 2.75) is 115 Å². The quantitative estimate of drug-likeness (QED) is 0.0269. The summed E-state index contributed by atoms with van der Waals surface area (Å²) in [5, 5.41) is 15.8. The Morgan fingerprint density at radius 3 is 1.78 bits per heavy atom. The van der Waals surface area contributed by atoms with E-state index in [9.17, 15) is 34.0 Å². The molecule has 402 valence electrons. The SMILES string of the molecule is COc1ccc(C(OC[C@H]2O[C@@H](n3cc(C)c(=O)[nH]c3=O)C[C@@H]2Nc2c(NC[C@H]3O[C@@H](n4cc(C)c(=O)[nH]c4=O)C[C@@H]3OP(OCCC#N)N(C(C)C)C(C)C)c(=O)c2=O)(c2ccccc2)c2ccc(OC)cc2)cc1. The first-order valence-corrected chi connectivity index (χ1v) is 26.1. The first-order valence-electron chi connectivity index (χ1n) is 25.0. The van der Waals surface area contributed by atoms with Crippen molar-refractivity contribution in [2.24, 2.45) is 0 Å². The van der Waals surface area contributed by atoms with Crippen LogP contribution in [0.15, 0.2) is 120 Å². The molecule has 0 radical (unpaired) electrons. The second-order valence-electron chi connectivity index (χ2n) is 19.2. The highest BCUT2D eigenvalue weighted by atomic mass is 31.2. The number of aromatic amines is 2. The predicted molar refractivity (Wildman–Crippen MR) is 285 cm³/mol. The lowest BCUT2D eigenvalue weighted by molar-refractivity contribution is -0.0788. The van der Waals surface area contributed by atoms with Gasteiger partial charge in [-0.15, -0.1) is 0 Å². The summed E-state index contributed by atoms with van der Waals surface area (Å²) in [6.07, 6.45) is -1.25. The van der Waals surface area contributed by atoms with Crippen LogP contribution in [0.25, 0.3) is 0 Å². The molecule has 2 saturated heterocycles. The van der Waals surface area contributed by atoms with Gasteiger partial charge in [0.05, 0.1) is 52.1 Å². The molecule has 0 saturated carbocycles. The summed E-state index contributed by atoms with van der Waals surface area (Å²) in [6.45, 7) is 11.0. The summed E-state index contributed by atoms with van der Waals surface area (Å²) in [5.74, 6) is 1.25. The third-order valence-electron chi connectivity index (χ3n) is 13.6. The molecule has 4 aromatic carbocycles. The number of H-pyrrole nitrogens is 2. The number of aromatic nitrogens is 4. The van der Waals surface area contributed by atoms with Gasteiger partial charge in [0, 0.05) is 55.0 Å². The number of nitrogens with zero attached hydrogens (tertiary/aromatic N) is 4. The standard InChI is InChI=1S/C54H63N8O13P/c1-31(2)62(32(3)4)76(72-24-12-23-55)75-41-26-45(61-29-34(6)51(66)59-53(61)68)73-42(41)27-56-46-47(49(64)48(46)63)57-40-25-44(60-28-33(5)50(65)58-52(60)67)74-43(40)30-71-54(35-13-10-9-11-14-35,36-15-19-38(69-7)20-16-36)37-17-21-39(70-8)22-18-37/h9-11,13-22,28-29,31-32,40-45,56-57H,12,24-27,30H2,1-8H3,(H,58,65,67)(H,59,66,68)/t40-,41-,42+,43+,44+,45+,76?/m0/s1. The highest BCUT2D eigenvalue weighted by Gasteiger charge is 2.45. The summed E-state index contributed by atoms with van der Waals surface area (Å²) in [7, 11) is 1.36. The van der Waals surface area contributed by atoms with Crippen LogP contribution in [-0.4, -0.2) is 94.2 Å². The van der Waals surface area contributed by atoms with E-state index >= 15 is 0 Å². The molecule has 0 bridgehead atoms. The minimum atomic E-state index is -1.80. The average Bonchev–Trinajstić information content (AvgIpc) is 4.01. The Balaban J connectivity index is 1.13. The summed E-state index contributed by atoms with van der Waals surface area (Å²) in [6, 6.07) is 25.8. The van der Waals surface area contributed by atoms with E-state index in [1.807, 2.05) is 107 Å². The Morgan fingerprint density at radius 1 is 0.737 bits per heavy atom. The molecule has 6 aromatic rings. The summed E-state index contributed by atoms with van der Waals surface area (Å²) in [5.41, 5.74) is -2.65. The second kappa shape index (κ2) is 23.9. The molecule has 2 aromatic heterocycles. The first-order chi connectivity index (χ1) is 36.5. The van der Waals surface area contributed by atoms with E-state index in [4.69, 9.17) is 32.7 Å². The van der Waals surface area contributed by atoms with Crippen molar-refractivity contribution in [3.63, 3.8) is 0 Å². The molecule has 0 spiro atoms. The lowest BCUT2D eigenvalue weighted by Crippen LogP contribution is -2.44. The molecular formula is C54H63N8O13P. The van der Waals surface area contributed by atoms with Crippen LogP contribution < -0.4 is 53.5 Å². The van der Waals surface area contributed by atoms with Gasteiger partial charge in [-0.3, -0.25) is 38.3 Å². The largest absolute Gasteiger partial charge is 0.497 e. The fraction of sp³-hybridized carbons (Fsp3) is 0.426. The van der Waals surface area contributed by atoms with Crippen molar-refractivity contribution < 1.29 is 32.7 Å². The van der Waals surface area contributed by atoms with E-state index in [1.54, 1.807) is 28.1 Å². The first kappa shape index (κ1) is 55.2. The maximum atomic E-state index is 13.7. The Kier molecular flexibility index (Phi) is 17.4. The number of rotatable bonds is 23. The van der Waals surface area contributed by atoms with Gasteiger partial charge in [0.1, 0.15) is 53.1 Å². The zero-order valence-corrected chi connectivity index (χ0v) is 44.5. The smallest absolute Gasteiger partial charge is 0.330 e. The number of nitriles is 1. The van der Waals surface area contributed by atoms with Gasteiger partial charge in [0.15, 0.2) is 0 Å². The normalized spacial score (nSPS) is 20.1. The van der Waals surface area contributed by atoms with Gasteiger partial charge in [0.2, 0.25) is 0 Å². The minimum absolute atomic E-state index is 0.0374. The van der Waals surface area contributed by atoms with E-state index in [-0.39, 0.29) is 73.6 Å². The van der Waals surface area contributed by atoms with Gasteiger partial charge >= 0.3 is 11.4 Å². The fourth-order valence-corrected chi connectivity index (χ4v) is 11.5. The topological polar surface area (TPSA) is 260 Å². The van der Waals surface area contributed by atoms with Gasteiger partial charge in [-0.05, 0) is 82.5 Å². The van der Waals surface area contributed by atoms with Crippen molar-refractivity contribution in [3.8, 4) is 17.6 Å². The Bertz CT molecular complexity index is 3270. The van der Waals surface area contributed by atoms with Gasteiger partial charge < -0.3 is 43.4 Å². The van der Waals surface area contributed by atoms with E-state index in [1.165, 1.54) is 21.5 Å². The number of methoxy groups -OCH3 is 2. The summed E-state index contributed by atoms with van der Waals surface area (Å²) in [4.78, 5) is 83.5. The lowest BCUT2D eigenvalue weighted by atomic mass is 9.80. The zero-order valence-electron chi connectivity index (χ0n) is 43.6. The second-order valence-corrected chi connectivity index (χ2v) is 20.6. The number of hydrogen-bond acceptors (Lipinski definition) is 17. The number of benzene rings is 3. The van der Waals surface area contributed by atoms with Crippen LogP contribution in [0.5, 0.6) is 11.5 Å². The summed E-state index contributed by atoms with van der Waals surface area (Å²) < 4.78 is 49.1. The molecule has 2 aliphatic rings. The van der Waals surface area contributed by atoms with E-state index in [0.717, 1.165) is 16.7 Å². The van der Waals surface area contributed by atoms with Crippen molar-refractivity contribution in [3.05, 3.63) is 181 Å². The van der Waals surface area contributed by atoms with Crippen LogP contribution in [0.2, 0.25) is 0 Å². The van der Waals surface area contributed by atoms with Crippen molar-refractivity contribution in [1.82, 2.24) is 23.8 Å². The molecular weight excluding hydrogens is 1000 g/mol. The number of ether oxygens (including phenoxy) is 5. The molecule has 2 aliphatic heterocycles. The van der Waals surface area contributed by atoms with Crippen LogP contribution in [-0.2, 0) is 28.9 Å². The third kappa shape index (κ3) is 11.5.